The van der Waals surface area contributed by atoms with Crippen LogP contribution in [0.1, 0.15) is 65.3 Å². The van der Waals surface area contributed by atoms with Crippen LogP contribution in [0.25, 0.3) is 0 Å². The van der Waals surface area contributed by atoms with Gasteiger partial charge in [-0.25, -0.2) is 9.59 Å². The van der Waals surface area contributed by atoms with E-state index in [1.54, 1.807) is 24.3 Å². The molecule has 0 aliphatic heterocycles. The summed E-state index contributed by atoms with van der Waals surface area (Å²) in [5.74, 6) is -0.983. The number of hydrogen-bond donors (Lipinski definition) is 0. The van der Waals surface area contributed by atoms with Gasteiger partial charge in [0.05, 0.1) is 24.3 Å². The Morgan fingerprint density at radius 2 is 1.36 bits per heavy atom. The average Bonchev–Trinajstić information content (AvgIpc) is 2.72. The van der Waals surface area contributed by atoms with Gasteiger partial charge in [-0.05, 0) is 36.2 Å². The van der Waals surface area contributed by atoms with Gasteiger partial charge in [0, 0.05) is 10.9 Å². The zero-order chi connectivity index (χ0) is 20.2. The molecule has 0 bridgehead atoms. The van der Waals surface area contributed by atoms with Crippen molar-refractivity contribution in [1.82, 2.24) is 0 Å². The number of esters is 2. The van der Waals surface area contributed by atoms with Crippen LogP contribution in [0.4, 0.5) is 0 Å². The van der Waals surface area contributed by atoms with Crippen molar-refractivity contribution in [2.45, 2.75) is 45.4 Å². The van der Waals surface area contributed by atoms with Crippen LogP contribution in [-0.2, 0) is 15.9 Å². The monoisotopic (exact) mass is 446 g/mol. The van der Waals surface area contributed by atoms with Crippen molar-refractivity contribution in [2.75, 3.05) is 13.2 Å². The van der Waals surface area contributed by atoms with E-state index in [0.29, 0.717) is 13.0 Å². The van der Waals surface area contributed by atoms with E-state index >= 15 is 0 Å². The number of carbonyl (C=O) groups is 2. The number of halogens is 1. The van der Waals surface area contributed by atoms with Crippen LogP contribution in [0, 0.1) is 0 Å². The van der Waals surface area contributed by atoms with Crippen molar-refractivity contribution in [1.29, 1.82) is 0 Å². The lowest BCUT2D eigenvalue weighted by atomic mass is 10.1. The van der Waals surface area contributed by atoms with Crippen LogP contribution in [0.2, 0.25) is 0 Å². The first-order valence-electron chi connectivity index (χ1n) is 9.79. The van der Waals surface area contributed by atoms with Gasteiger partial charge in [-0.3, -0.25) is 0 Å². The van der Waals surface area contributed by atoms with Gasteiger partial charge in [0.1, 0.15) is 0 Å². The Kier molecular flexibility index (Phi) is 9.77. The number of unbranched alkanes of at least 4 members (excludes halogenated alkanes) is 4. The van der Waals surface area contributed by atoms with E-state index in [2.05, 4.69) is 22.9 Å². The summed E-state index contributed by atoms with van der Waals surface area (Å²) in [5, 5.41) is 0. The molecule has 0 saturated heterocycles. The molecule has 4 nitrogen and oxygen atoms in total. The molecular weight excluding hydrogens is 420 g/mol. The molecule has 2 aromatic rings. The fourth-order valence-electron chi connectivity index (χ4n) is 2.78. The molecule has 150 valence electrons. The lowest BCUT2D eigenvalue weighted by Gasteiger charge is -2.10. The van der Waals surface area contributed by atoms with Crippen LogP contribution >= 0.6 is 15.9 Å². The predicted octanol–water partition coefficient (Wildman–Crippen LogP) is 5.98. The number of carbonyl (C=O) groups excluding carboxylic acids is 2. The molecule has 0 N–H and O–H groups in total. The Morgan fingerprint density at radius 1 is 0.786 bits per heavy atom. The number of rotatable bonds is 11. The van der Waals surface area contributed by atoms with Crippen molar-refractivity contribution in [3.8, 4) is 0 Å². The van der Waals surface area contributed by atoms with Gasteiger partial charge in [0.2, 0.25) is 0 Å². The largest absolute Gasteiger partial charge is 0.462 e. The maximum absolute atomic E-state index is 12.4. The lowest BCUT2D eigenvalue weighted by Crippen LogP contribution is -2.15. The molecular formula is C23H27BrO4. The summed E-state index contributed by atoms with van der Waals surface area (Å²) in [6.45, 7) is 2.78. The summed E-state index contributed by atoms with van der Waals surface area (Å²) in [6, 6.07) is 14.5. The zero-order valence-electron chi connectivity index (χ0n) is 16.3. The second-order valence-electron chi connectivity index (χ2n) is 6.61. The van der Waals surface area contributed by atoms with Gasteiger partial charge in [-0.1, -0.05) is 72.8 Å². The predicted molar refractivity (Wildman–Crippen MR) is 114 cm³/mol. The van der Waals surface area contributed by atoms with E-state index in [1.807, 2.05) is 24.3 Å². The van der Waals surface area contributed by atoms with E-state index in [4.69, 9.17) is 9.47 Å². The molecule has 0 amide bonds. The van der Waals surface area contributed by atoms with Crippen LogP contribution in [0.15, 0.2) is 53.0 Å². The maximum Gasteiger partial charge on any atom is 0.339 e. The molecule has 28 heavy (non-hydrogen) atoms. The molecule has 0 spiro atoms. The molecule has 0 aliphatic rings. The fourth-order valence-corrected chi connectivity index (χ4v) is 3.04. The second kappa shape index (κ2) is 12.3. The minimum Gasteiger partial charge on any atom is -0.462 e. The minimum atomic E-state index is -0.507. The van der Waals surface area contributed by atoms with Gasteiger partial charge < -0.3 is 9.47 Å². The first-order chi connectivity index (χ1) is 13.6. The summed E-state index contributed by atoms with van der Waals surface area (Å²) in [6.07, 6.45) is 6.02. The Hall–Kier alpha value is -2.14. The van der Waals surface area contributed by atoms with E-state index in [-0.39, 0.29) is 17.7 Å². The summed E-state index contributed by atoms with van der Waals surface area (Å²) >= 11 is 3.39. The molecule has 0 heterocycles. The van der Waals surface area contributed by atoms with E-state index in [0.717, 1.165) is 29.3 Å². The van der Waals surface area contributed by atoms with Gasteiger partial charge in [-0.15, -0.1) is 0 Å². The molecule has 0 radical (unpaired) electrons. The Bertz CT molecular complexity index is 755. The molecule has 0 fully saturated rings. The zero-order valence-corrected chi connectivity index (χ0v) is 17.9. The Balaban J connectivity index is 1.84. The third kappa shape index (κ3) is 7.47. The molecule has 0 aromatic heterocycles. The van der Waals surface area contributed by atoms with Crippen LogP contribution in [-0.4, -0.2) is 25.2 Å². The first kappa shape index (κ1) is 22.2. The standard InChI is InChI=1S/C23H27BrO4/c1-2-3-4-5-8-16-27-22(25)20-9-6-7-10-21(20)23(26)28-17-15-18-11-13-19(24)14-12-18/h6-7,9-14H,2-5,8,15-17H2,1H3. The highest BCUT2D eigenvalue weighted by Gasteiger charge is 2.18. The van der Waals surface area contributed by atoms with Crippen molar-refractivity contribution in [2.24, 2.45) is 0 Å². The lowest BCUT2D eigenvalue weighted by molar-refractivity contribution is 0.0456. The molecule has 5 heteroatoms. The highest BCUT2D eigenvalue weighted by Crippen LogP contribution is 2.14. The molecule has 0 unspecified atom stereocenters. The number of ether oxygens (including phenoxy) is 2. The maximum atomic E-state index is 12.4. The quantitative estimate of drug-likeness (QED) is 0.314. The Morgan fingerprint density at radius 3 is 1.96 bits per heavy atom. The SMILES string of the molecule is CCCCCCCOC(=O)c1ccccc1C(=O)OCCc1ccc(Br)cc1. The average molecular weight is 447 g/mol. The minimum absolute atomic E-state index is 0.245. The van der Waals surface area contributed by atoms with Crippen LogP contribution < -0.4 is 0 Å². The molecule has 0 aliphatic carbocycles. The molecule has 2 rings (SSSR count). The van der Waals surface area contributed by atoms with E-state index in [9.17, 15) is 9.59 Å². The van der Waals surface area contributed by atoms with E-state index < -0.39 is 11.9 Å². The first-order valence-corrected chi connectivity index (χ1v) is 10.6. The smallest absolute Gasteiger partial charge is 0.339 e. The topological polar surface area (TPSA) is 52.6 Å². The van der Waals surface area contributed by atoms with Crippen molar-refractivity contribution >= 4 is 27.9 Å². The van der Waals surface area contributed by atoms with Crippen LogP contribution in [0.5, 0.6) is 0 Å². The Labute approximate surface area is 175 Å². The van der Waals surface area contributed by atoms with Crippen molar-refractivity contribution in [3.05, 3.63) is 69.7 Å². The molecule has 0 atom stereocenters. The van der Waals surface area contributed by atoms with Crippen molar-refractivity contribution < 1.29 is 19.1 Å². The van der Waals surface area contributed by atoms with Crippen LogP contribution in [0.3, 0.4) is 0 Å². The second-order valence-corrected chi connectivity index (χ2v) is 7.52. The van der Waals surface area contributed by atoms with Crippen molar-refractivity contribution in [3.63, 3.8) is 0 Å². The van der Waals surface area contributed by atoms with Gasteiger partial charge in [-0.2, -0.15) is 0 Å². The normalized spacial score (nSPS) is 10.5. The van der Waals surface area contributed by atoms with Gasteiger partial charge in [0.15, 0.2) is 0 Å². The van der Waals surface area contributed by atoms with Gasteiger partial charge >= 0.3 is 11.9 Å². The summed E-state index contributed by atoms with van der Waals surface area (Å²) < 4.78 is 11.7. The third-order valence-electron chi connectivity index (χ3n) is 4.39. The molecule has 0 saturated carbocycles. The highest BCUT2D eigenvalue weighted by molar-refractivity contribution is 9.10. The molecule has 2 aromatic carbocycles. The summed E-state index contributed by atoms with van der Waals surface area (Å²) in [7, 11) is 0. The number of benzene rings is 2. The summed E-state index contributed by atoms with van der Waals surface area (Å²) in [4.78, 5) is 24.8. The number of hydrogen-bond acceptors (Lipinski definition) is 4. The summed E-state index contributed by atoms with van der Waals surface area (Å²) in [5.41, 5.74) is 1.57. The highest BCUT2D eigenvalue weighted by atomic mass is 79.9. The van der Waals surface area contributed by atoms with Gasteiger partial charge in [0.25, 0.3) is 0 Å². The van der Waals surface area contributed by atoms with E-state index in [1.165, 1.54) is 12.8 Å². The fraction of sp³-hybridized carbons (Fsp3) is 0.391. The third-order valence-corrected chi connectivity index (χ3v) is 4.91.